The first kappa shape index (κ1) is 12.8. The Hall–Kier alpha value is -1.68. The lowest BCUT2D eigenvalue weighted by molar-refractivity contribution is 0.722. The van der Waals surface area contributed by atoms with Crippen molar-refractivity contribution in [2.45, 2.75) is 34.2 Å². The number of nitrogens with zero attached hydrogens (tertiary/aromatic N) is 3. The van der Waals surface area contributed by atoms with Crippen molar-refractivity contribution in [3.8, 4) is 5.82 Å². The summed E-state index contributed by atoms with van der Waals surface area (Å²) in [6.07, 6.45) is 3.77. The summed E-state index contributed by atoms with van der Waals surface area (Å²) >= 11 is 0. The molecule has 2 aromatic heterocycles. The second-order valence-corrected chi connectivity index (χ2v) is 4.55. The zero-order valence-electron chi connectivity index (χ0n) is 11.5. The summed E-state index contributed by atoms with van der Waals surface area (Å²) in [6, 6.07) is 2.18. The molecule has 18 heavy (non-hydrogen) atoms. The number of aromatic nitrogens is 3. The Morgan fingerprint density at radius 1 is 1.22 bits per heavy atom. The summed E-state index contributed by atoms with van der Waals surface area (Å²) in [4.78, 5) is 8.87. The van der Waals surface area contributed by atoms with Gasteiger partial charge >= 0.3 is 0 Å². The van der Waals surface area contributed by atoms with E-state index in [1.807, 2.05) is 24.0 Å². The van der Waals surface area contributed by atoms with Gasteiger partial charge in [-0.25, -0.2) is 9.97 Å². The molecule has 2 rings (SSSR count). The zero-order chi connectivity index (χ0) is 13.1. The van der Waals surface area contributed by atoms with E-state index in [2.05, 4.69) is 42.1 Å². The molecule has 0 aliphatic rings. The molecule has 0 unspecified atom stereocenters. The van der Waals surface area contributed by atoms with Gasteiger partial charge in [-0.3, -0.25) is 4.57 Å². The van der Waals surface area contributed by atoms with E-state index in [4.69, 9.17) is 0 Å². The molecule has 4 nitrogen and oxygen atoms in total. The molecule has 0 bridgehead atoms. The molecule has 0 fully saturated rings. The molecule has 2 heterocycles. The number of pyridine rings is 1. The van der Waals surface area contributed by atoms with E-state index < -0.39 is 0 Å². The van der Waals surface area contributed by atoms with Gasteiger partial charge in [0.1, 0.15) is 12.1 Å². The topological polar surface area (TPSA) is 42.7 Å². The van der Waals surface area contributed by atoms with Gasteiger partial charge in [-0.1, -0.05) is 6.92 Å². The molecule has 0 radical (unpaired) electrons. The van der Waals surface area contributed by atoms with Crippen molar-refractivity contribution < 1.29 is 0 Å². The Morgan fingerprint density at radius 3 is 2.56 bits per heavy atom. The minimum absolute atomic E-state index is 0.868. The normalized spacial score (nSPS) is 10.9. The fraction of sp³-hybridized carbons (Fsp3) is 0.429. The number of rotatable bonds is 4. The van der Waals surface area contributed by atoms with E-state index in [0.29, 0.717) is 0 Å². The molecule has 2 aromatic rings. The molecule has 1 N–H and O–H groups in total. The first-order valence-corrected chi connectivity index (χ1v) is 6.30. The number of hydrogen-bond donors (Lipinski definition) is 1. The van der Waals surface area contributed by atoms with Gasteiger partial charge < -0.3 is 5.32 Å². The fourth-order valence-corrected chi connectivity index (χ4v) is 1.96. The maximum atomic E-state index is 4.56. The molecule has 0 amide bonds. The van der Waals surface area contributed by atoms with E-state index in [0.717, 1.165) is 30.3 Å². The maximum absolute atomic E-state index is 4.56. The summed E-state index contributed by atoms with van der Waals surface area (Å²) in [6.45, 7) is 10.1. The average Bonchev–Trinajstić information content (AvgIpc) is 2.68. The predicted molar refractivity (Wildman–Crippen MR) is 73.0 cm³/mol. The smallest absolute Gasteiger partial charge is 0.140 e. The van der Waals surface area contributed by atoms with Gasteiger partial charge in [0.05, 0.1) is 5.69 Å². The summed E-state index contributed by atoms with van der Waals surface area (Å²) in [5.74, 6) is 0.966. The SMILES string of the molecule is CCNCc1cnc(-n2cnc(C)c2C)c(C)c1. The van der Waals surface area contributed by atoms with Gasteiger partial charge in [-0.05, 0) is 44.5 Å². The summed E-state index contributed by atoms with van der Waals surface area (Å²) in [5, 5.41) is 3.31. The van der Waals surface area contributed by atoms with Crippen molar-refractivity contribution in [3.05, 3.63) is 41.1 Å². The van der Waals surface area contributed by atoms with Crippen molar-refractivity contribution in [2.24, 2.45) is 0 Å². The molecule has 0 saturated heterocycles. The van der Waals surface area contributed by atoms with Crippen LogP contribution in [0.25, 0.3) is 5.82 Å². The second-order valence-electron chi connectivity index (χ2n) is 4.55. The summed E-state index contributed by atoms with van der Waals surface area (Å²) in [5.41, 5.74) is 4.58. The Balaban J connectivity index is 2.32. The van der Waals surface area contributed by atoms with E-state index in [1.165, 1.54) is 11.1 Å². The van der Waals surface area contributed by atoms with E-state index >= 15 is 0 Å². The Kier molecular flexibility index (Phi) is 3.77. The van der Waals surface area contributed by atoms with Crippen LogP contribution in [-0.2, 0) is 6.54 Å². The zero-order valence-corrected chi connectivity index (χ0v) is 11.5. The van der Waals surface area contributed by atoms with Gasteiger partial charge in [0.2, 0.25) is 0 Å². The highest BCUT2D eigenvalue weighted by Crippen LogP contribution is 2.16. The van der Waals surface area contributed by atoms with Crippen molar-refractivity contribution in [3.63, 3.8) is 0 Å². The third-order valence-electron chi connectivity index (χ3n) is 3.17. The van der Waals surface area contributed by atoms with Crippen LogP contribution in [0.2, 0.25) is 0 Å². The lowest BCUT2D eigenvalue weighted by Crippen LogP contribution is -2.12. The van der Waals surface area contributed by atoms with Gasteiger partial charge in [-0.15, -0.1) is 0 Å². The van der Waals surface area contributed by atoms with Gasteiger partial charge in [0.15, 0.2) is 0 Å². The molecule has 0 saturated carbocycles. The monoisotopic (exact) mass is 244 g/mol. The minimum atomic E-state index is 0.868. The molecule has 0 aliphatic heterocycles. The largest absolute Gasteiger partial charge is 0.313 e. The van der Waals surface area contributed by atoms with Crippen LogP contribution in [0.1, 0.15) is 29.4 Å². The third kappa shape index (κ3) is 2.43. The molecule has 4 heteroatoms. The first-order chi connectivity index (χ1) is 8.63. The molecule has 0 aromatic carbocycles. The Bertz CT molecular complexity index is 543. The molecule has 96 valence electrons. The maximum Gasteiger partial charge on any atom is 0.140 e. The van der Waals surface area contributed by atoms with Gasteiger partial charge in [-0.2, -0.15) is 0 Å². The highest BCUT2D eigenvalue weighted by molar-refractivity contribution is 5.37. The van der Waals surface area contributed by atoms with Crippen LogP contribution in [0.4, 0.5) is 0 Å². The first-order valence-electron chi connectivity index (χ1n) is 6.30. The van der Waals surface area contributed by atoms with Crippen molar-refractivity contribution in [2.75, 3.05) is 6.54 Å². The number of hydrogen-bond acceptors (Lipinski definition) is 3. The summed E-state index contributed by atoms with van der Waals surface area (Å²) in [7, 11) is 0. The molecule has 0 atom stereocenters. The highest BCUT2D eigenvalue weighted by atomic mass is 15.1. The van der Waals surface area contributed by atoms with Crippen LogP contribution in [0.3, 0.4) is 0 Å². The Morgan fingerprint density at radius 2 is 2.00 bits per heavy atom. The van der Waals surface area contributed by atoms with Crippen LogP contribution >= 0.6 is 0 Å². The quantitative estimate of drug-likeness (QED) is 0.897. The minimum Gasteiger partial charge on any atom is -0.313 e. The van der Waals surface area contributed by atoms with E-state index in [1.54, 1.807) is 0 Å². The van der Waals surface area contributed by atoms with Crippen molar-refractivity contribution in [1.29, 1.82) is 0 Å². The van der Waals surface area contributed by atoms with E-state index in [-0.39, 0.29) is 0 Å². The number of aryl methyl sites for hydroxylation is 2. The predicted octanol–water partition coefficient (Wildman–Crippen LogP) is 2.30. The van der Waals surface area contributed by atoms with Crippen LogP contribution in [0, 0.1) is 20.8 Å². The van der Waals surface area contributed by atoms with Crippen LogP contribution in [0.5, 0.6) is 0 Å². The lowest BCUT2D eigenvalue weighted by atomic mass is 10.2. The standard InChI is InChI=1S/C14H20N4/c1-5-15-7-13-6-10(2)14(16-8-13)18-9-17-11(3)12(18)4/h6,8-9,15H,5,7H2,1-4H3. The van der Waals surface area contributed by atoms with Gasteiger partial charge in [0, 0.05) is 18.4 Å². The average molecular weight is 244 g/mol. The van der Waals surface area contributed by atoms with E-state index in [9.17, 15) is 0 Å². The molecular weight excluding hydrogens is 224 g/mol. The summed E-state index contributed by atoms with van der Waals surface area (Å²) < 4.78 is 2.04. The lowest BCUT2D eigenvalue weighted by Gasteiger charge is -2.10. The van der Waals surface area contributed by atoms with Crippen molar-refractivity contribution in [1.82, 2.24) is 19.9 Å². The van der Waals surface area contributed by atoms with Crippen molar-refractivity contribution >= 4 is 0 Å². The Labute approximate surface area is 108 Å². The fourth-order valence-electron chi connectivity index (χ4n) is 1.96. The van der Waals surface area contributed by atoms with Crippen LogP contribution in [0.15, 0.2) is 18.6 Å². The highest BCUT2D eigenvalue weighted by Gasteiger charge is 2.08. The molecule has 0 spiro atoms. The number of nitrogens with one attached hydrogen (secondary N) is 1. The van der Waals surface area contributed by atoms with Crippen LogP contribution in [-0.4, -0.2) is 21.1 Å². The van der Waals surface area contributed by atoms with Crippen LogP contribution < -0.4 is 5.32 Å². The molecular formula is C14H20N4. The second kappa shape index (κ2) is 5.31. The van der Waals surface area contributed by atoms with Gasteiger partial charge in [0.25, 0.3) is 0 Å². The molecule has 0 aliphatic carbocycles. The third-order valence-corrected chi connectivity index (χ3v) is 3.17. The number of imidazole rings is 1.